The Hall–Kier alpha value is -2.11. The smallest absolute Gasteiger partial charge is 0.0769 e. The van der Waals surface area contributed by atoms with Crippen LogP contribution >= 0.6 is 0 Å². The highest BCUT2D eigenvalue weighted by atomic mass is 14.9. The molecule has 1 N–H and O–H groups in total. The summed E-state index contributed by atoms with van der Waals surface area (Å²) in [6.07, 6.45) is 0. The summed E-state index contributed by atoms with van der Waals surface area (Å²) in [5, 5.41) is 13.0. The molecule has 0 radical (unpaired) electrons. The van der Waals surface area contributed by atoms with Crippen LogP contribution in [0.1, 0.15) is 54.6 Å². The molecule has 0 saturated heterocycles. The zero-order valence-electron chi connectivity index (χ0n) is 14.8. The molecule has 0 saturated carbocycles. The maximum absolute atomic E-state index is 9.42. The third kappa shape index (κ3) is 3.81. The first-order valence-corrected chi connectivity index (χ1v) is 8.16. The van der Waals surface area contributed by atoms with Gasteiger partial charge >= 0.3 is 0 Å². The van der Waals surface area contributed by atoms with Crippen molar-refractivity contribution in [3.05, 3.63) is 70.3 Å². The predicted octanol–water partition coefficient (Wildman–Crippen LogP) is 4.96. The second-order valence-corrected chi connectivity index (χ2v) is 6.79. The van der Waals surface area contributed by atoms with Crippen molar-refractivity contribution in [1.82, 2.24) is 5.32 Å². The van der Waals surface area contributed by atoms with Gasteiger partial charge in [0.15, 0.2) is 0 Å². The molecule has 0 aromatic heterocycles. The van der Waals surface area contributed by atoms with Crippen LogP contribution in [0.4, 0.5) is 0 Å². The minimum atomic E-state index is -0.471. The van der Waals surface area contributed by atoms with Crippen LogP contribution in [-0.2, 0) is 12.0 Å². The van der Waals surface area contributed by atoms with E-state index in [1.165, 1.54) is 22.3 Å². The van der Waals surface area contributed by atoms with E-state index >= 15 is 0 Å². The van der Waals surface area contributed by atoms with Gasteiger partial charge in [0, 0.05) is 12.6 Å². The van der Waals surface area contributed by atoms with E-state index in [1.54, 1.807) is 0 Å². The lowest BCUT2D eigenvalue weighted by atomic mass is 9.83. The zero-order valence-corrected chi connectivity index (χ0v) is 14.8. The molecule has 1 atom stereocenters. The fraction of sp³-hybridized carbons (Fsp3) is 0.381. The van der Waals surface area contributed by atoms with Crippen molar-refractivity contribution in [1.29, 1.82) is 5.26 Å². The Morgan fingerprint density at radius 1 is 1.09 bits per heavy atom. The van der Waals surface area contributed by atoms with Crippen molar-refractivity contribution in [2.24, 2.45) is 0 Å². The molecule has 23 heavy (non-hydrogen) atoms. The Morgan fingerprint density at radius 2 is 1.78 bits per heavy atom. The van der Waals surface area contributed by atoms with Gasteiger partial charge in [0.05, 0.1) is 11.5 Å². The Bertz CT molecular complexity index is 723. The number of hydrogen-bond donors (Lipinski definition) is 1. The normalized spacial score (nSPS) is 12.7. The standard InChI is InChI=1S/C21H26N2/c1-15-9-8-11-19(16(15)2)17(3)23-13-18-10-6-7-12-20(18)21(4,5)14-22/h6-12,17,23H,13H2,1-5H3. The van der Waals surface area contributed by atoms with Crippen LogP contribution in [0.25, 0.3) is 0 Å². The molecular formula is C21H26N2. The molecule has 0 aliphatic carbocycles. The number of rotatable bonds is 5. The summed E-state index contributed by atoms with van der Waals surface area (Å²) in [6, 6.07) is 17.3. The van der Waals surface area contributed by atoms with Gasteiger partial charge in [-0.2, -0.15) is 5.26 Å². The quantitative estimate of drug-likeness (QED) is 0.848. The lowest BCUT2D eigenvalue weighted by Crippen LogP contribution is -2.23. The predicted molar refractivity (Wildman–Crippen MR) is 96.3 cm³/mol. The number of nitriles is 1. The molecule has 2 aromatic rings. The highest BCUT2D eigenvalue weighted by Crippen LogP contribution is 2.26. The van der Waals surface area contributed by atoms with Crippen LogP contribution in [0.2, 0.25) is 0 Å². The summed E-state index contributed by atoms with van der Waals surface area (Å²) in [7, 11) is 0. The first-order chi connectivity index (χ1) is 10.9. The van der Waals surface area contributed by atoms with Crippen LogP contribution in [0.15, 0.2) is 42.5 Å². The lowest BCUT2D eigenvalue weighted by Gasteiger charge is -2.23. The first kappa shape index (κ1) is 17.2. The molecule has 0 spiro atoms. The molecule has 2 heteroatoms. The maximum Gasteiger partial charge on any atom is 0.0769 e. The van der Waals surface area contributed by atoms with Crippen LogP contribution in [-0.4, -0.2) is 0 Å². The number of aryl methyl sites for hydroxylation is 1. The molecule has 2 aromatic carbocycles. The molecule has 0 fully saturated rings. The van der Waals surface area contributed by atoms with Gasteiger partial charge in [0.25, 0.3) is 0 Å². The number of nitrogens with one attached hydrogen (secondary N) is 1. The first-order valence-electron chi connectivity index (χ1n) is 8.16. The fourth-order valence-corrected chi connectivity index (χ4v) is 2.96. The molecule has 0 bridgehead atoms. The van der Waals surface area contributed by atoms with Gasteiger partial charge in [0.2, 0.25) is 0 Å². The molecule has 0 amide bonds. The molecule has 0 aliphatic rings. The highest BCUT2D eigenvalue weighted by molar-refractivity contribution is 5.38. The Labute approximate surface area is 140 Å². The van der Waals surface area contributed by atoms with Crippen LogP contribution in [0.3, 0.4) is 0 Å². The average Bonchev–Trinajstić information content (AvgIpc) is 2.55. The Morgan fingerprint density at radius 3 is 2.48 bits per heavy atom. The van der Waals surface area contributed by atoms with Crippen molar-refractivity contribution < 1.29 is 0 Å². The monoisotopic (exact) mass is 306 g/mol. The van der Waals surface area contributed by atoms with Crippen molar-refractivity contribution in [3.63, 3.8) is 0 Å². The van der Waals surface area contributed by atoms with E-state index in [0.717, 1.165) is 12.1 Å². The molecule has 2 nitrogen and oxygen atoms in total. The van der Waals surface area contributed by atoms with Gasteiger partial charge in [-0.3, -0.25) is 0 Å². The highest BCUT2D eigenvalue weighted by Gasteiger charge is 2.22. The topological polar surface area (TPSA) is 35.8 Å². The maximum atomic E-state index is 9.42. The van der Waals surface area contributed by atoms with E-state index in [2.05, 4.69) is 62.5 Å². The SMILES string of the molecule is Cc1cccc(C(C)NCc2ccccc2C(C)(C)C#N)c1C. The summed E-state index contributed by atoms with van der Waals surface area (Å²) in [5.41, 5.74) is 5.82. The number of benzene rings is 2. The Balaban J connectivity index is 2.19. The van der Waals surface area contributed by atoms with Crippen molar-refractivity contribution in [2.45, 2.75) is 52.6 Å². The van der Waals surface area contributed by atoms with E-state index in [9.17, 15) is 5.26 Å². The summed E-state index contributed by atoms with van der Waals surface area (Å²) < 4.78 is 0. The number of nitrogens with zero attached hydrogens (tertiary/aromatic N) is 1. The van der Waals surface area contributed by atoms with Gasteiger partial charge in [-0.05, 0) is 62.4 Å². The Kier molecular flexibility index (Phi) is 5.23. The fourth-order valence-electron chi connectivity index (χ4n) is 2.96. The summed E-state index contributed by atoms with van der Waals surface area (Å²) in [4.78, 5) is 0. The third-order valence-corrected chi connectivity index (χ3v) is 4.68. The summed E-state index contributed by atoms with van der Waals surface area (Å²) in [6.45, 7) is 11.2. The number of hydrogen-bond acceptors (Lipinski definition) is 2. The molecular weight excluding hydrogens is 280 g/mol. The van der Waals surface area contributed by atoms with E-state index in [-0.39, 0.29) is 6.04 Å². The van der Waals surface area contributed by atoms with E-state index in [1.807, 2.05) is 26.0 Å². The molecule has 0 heterocycles. The molecule has 1 unspecified atom stereocenters. The lowest BCUT2D eigenvalue weighted by molar-refractivity contribution is 0.562. The van der Waals surface area contributed by atoms with Gasteiger partial charge < -0.3 is 5.32 Å². The van der Waals surface area contributed by atoms with E-state index < -0.39 is 5.41 Å². The minimum absolute atomic E-state index is 0.271. The average molecular weight is 306 g/mol. The second-order valence-electron chi connectivity index (χ2n) is 6.79. The van der Waals surface area contributed by atoms with Crippen LogP contribution in [0.5, 0.6) is 0 Å². The molecule has 0 aliphatic heterocycles. The summed E-state index contributed by atoms with van der Waals surface area (Å²) in [5.74, 6) is 0. The van der Waals surface area contributed by atoms with Gasteiger partial charge in [-0.25, -0.2) is 0 Å². The zero-order chi connectivity index (χ0) is 17.0. The third-order valence-electron chi connectivity index (χ3n) is 4.68. The van der Waals surface area contributed by atoms with E-state index in [4.69, 9.17) is 0 Å². The van der Waals surface area contributed by atoms with Gasteiger partial charge in [-0.1, -0.05) is 42.5 Å². The summed E-state index contributed by atoms with van der Waals surface area (Å²) >= 11 is 0. The van der Waals surface area contributed by atoms with E-state index in [0.29, 0.717) is 0 Å². The van der Waals surface area contributed by atoms with Crippen molar-refractivity contribution in [3.8, 4) is 6.07 Å². The van der Waals surface area contributed by atoms with Crippen LogP contribution < -0.4 is 5.32 Å². The minimum Gasteiger partial charge on any atom is -0.306 e. The van der Waals surface area contributed by atoms with Gasteiger partial charge in [-0.15, -0.1) is 0 Å². The van der Waals surface area contributed by atoms with Crippen molar-refractivity contribution >= 4 is 0 Å². The van der Waals surface area contributed by atoms with Crippen molar-refractivity contribution in [2.75, 3.05) is 0 Å². The second kappa shape index (κ2) is 6.98. The molecule has 120 valence electrons. The van der Waals surface area contributed by atoms with Gasteiger partial charge in [0.1, 0.15) is 0 Å². The largest absolute Gasteiger partial charge is 0.306 e. The molecule has 2 rings (SSSR count). The van der Waals surface area contributed by atoms with Crippen LogP contribution in [0, 0.1) is 25.2 Å².